The fourth-order valence-electron chi connectivity index (χ4n) is 11.0. The number of benzene rings is 9. The van der Waals surface area contributed by atoms with E-state index in [9.17, 15) is 0 Å². The second-order valence-electron chi connectivity index (χ2n) is 17.9. The van der Waals surface area contributed by atoms with E-state index in [0.29, 0.717) is 0 Å². The van der Waals surface area contributed by atoms with Crippen molar-refractivity contribution in [3.63, 3.8) is 0 Å². The van der Waals surface area contributed by atoms with E-state index in [1.807, 2.05) is 6.07 Å². The molecule has 9 aromatic carbocycles. The first-order chi connectivity index (χ1) is 31.2. The molecule has 0 aliphatic heterocycles. The van der Waals surface area contributed by atoms with Gasteiger partial charge >= 0.3 is 0 Å². The molecule has 0 aliphatic carbocycles. The molecule has 0 amide bonds. The summed E-state index contributed by atoms with van der Waals surface area (Å²) in [6.07, 6.45) is 0. The molecule has 0 N–H and O–H groups in total. The number of aromatic nitrogens is 2. The Balaban J connectivity index is 1.15. The highest BCUT2D eigenvalue weighted by Gasteiger charge is 2.26. The van der Waals surface area contributed by atoms with Crippen LogP contribution in [0.2, 0.25) is 0 Å². The molecule has 294 valence electrons. The second-order valence-corrected chi connectivity index (χ2v) is 17.9. The Morgan fingerprint density at radius 2 is 0.906 bits per heavy atom. The minimum absolute atomic E-state index is 0.910. The summed E-state index contributed by atoms with van der Waals surface area (Å²) in [6, 6.07) is 59.7. The van der Waals surface area contributed by atoms with Gasteiger partial charge in [0.15, 0.2) is 0 Å². The molecule has 10 heteroatoms. The molecule has 3 nitrogen and oxygen atoms in total. The van der Waals surface area contributed by atoms with Crippen LogP contribution in [0.25, 0.3) is 110 Å². The Bertz CT molecular complexity index is 3930. The van der Waals surface area contributed by atoms with E-state index in [1.165, 1.54) is 121 Å². The highest BCUT2D eigenvalue weighted by Crippen LogP contribution is 2.40. The molecule has 0 bridgehead atoms. The summed E-state index contributed by atoms with van der Waals surface area (Å²) in [6.45, 7) is 0. The van der Waals surface area contributed by atoms with E-state index in [1.54, 1.807) is 0 Å². The maximum Gasteiger partial charge on any atom is 0.141 e. The molecule has 0 saturated carbocycles. The molecule has 3 aromatic heterocycles. The van der Waals surface area contributed by atoms with Crippen LogP contribution in [0.1, 0.15) is 0 Å². The number of furan rings is 1. The van der Waals surface area contributed by atoms with Crippen molar-refractivity contribution in [1.29, 1.82) is 0 Å². The van der Waals surface area contributed by atoms with E-state index in [4.69, 9.17) is 4.42 Å². The summed E-state index contributed by atoms with van der Waals surface area (Å²) in [5, 5.41) is 7.44. The summed E-state index contributed by atoms with van der Waals surface area (Å²) >= 11 is 0. The first kappa shape index (κ1) is 38.5. The minimum atomic E-state index is 0.910. The molecule has 0 aliphatic rings. The Labute approximate surface area is 379 Å². The fourth-order valence-corrected chi connectivity index (χ4v) is 11.0. The number of hydrogen-bond donors (Lipinski definition) is 0. The lowest BCUT2D eigenvalue weighted by Crippen LogP contribution is -2.48. The molecular weight excluding hydrogens is 768 g/mol. The highest BCUT2D eigenvalue weighted by molar-refractivity contribution is 6.69. The SMILES string of the molecule is Bc1c(B)c(B)c2c(c1B)c1c(B)c(-c3ccc4c(c3)c3cc(-c5ccccc5)ccc3n4-c3ccccc3-c3ccccc3)c(B)c(B)c1n2-c1ccc2oc3ccccc3c2c1. The smallest absolute Gasteiger partial charge is 0.141 e. The lowest BCUT2D eigenvalue weighted by molar-refractivity contribution is 0.669. The summed E-state index contributed by atoms with van der Waals surface area (Å²) in [5.74, 6) is 0. The zero-order chi connectivity index (χ0) is 43.5. The van der Waals surface area contributed by atoms with Crippen molar-refractivity contribution in [2.75, 3.05) is 0 Å². The number of hydrogen-bond acceptors (Lipinski definition) is 1. The third kappa shape index (κ3) is 5.51. The van der Waals surface area contributed by atoms with Crippen molar-refractivity contribution in [2.45, 2.75) is 0 Å². The van der Waals surface area contributed by atoms with Gasteiger partial charge in [0.05, 0.1) is 16.7 Å². The van der Waals surface area contributed by atoms with Crippen molar-refractivity contribution in [2.24, 2.45) is 0 Å². The van der Waals surface area contributed by atoms with E-state index in [-0.39, 0.29) is 0 Å². The van der Waals surface area contributed by atoms with Crippen molar-refractivity contribution in [1.82, 2.24) is 9.13 Å². The van der Waals surface area contributed by atoms with Crippen LogP contribution in [-0.2, 0) is 0 Å². The first-order valence-corrected chi connectivity index (χ1v) is 22.4. The highest BCUT2D eigenvalue weighted by atomic mass is 16.3. The van der Waals surface area contributed by atoms with Gasteiger partial charge in [0.2, 0.25) is 0 Å². The number of rotatable bonds is 5. The third-order valence-electron chi connectivity index (χ3n) is 14.6. The number of para-hydroxylation sites is 2. The Hall–Kier alpha value is -7.17. The summed E-state index contributed by atoms with van der Waals surface area (Å²) < 4.78 is 11.4. The zero-order valence-electron chi connectivity index (χ0n) is 37.4. The van der Waals surface area contributed by atoms with Crippen molar-refractivity contribution in [3.8, 4) is 44.8 Å². The van der Waals surface area contributed by atoms with Gasteiger partial charge in [-0.25, -0.2) is 0 Å². The summed E-state index contributed by atoms with van der Waals surface area (Å²) in [7, 11) is 16.3. The van der Waals surface area contributed by atoms with Crippen LogP contribution in [0.5, 0.6) is 0 Å². The van der Waals surface area contributed by atoms with Gasteiger partial charge in [-0.1, -0.05) is 142 Å². The molecule has 0 radical (unpaired) electrons. The number of nitrogens with zero attached hydrogens (tertiary/aromatic N) is 2. The van der Waals surface area contributed by atoms with Gasteiger partial charge in [-0.05, 0) is 87.8 Å². The summed E-state index contributed by atoms with van der Waals surface area (Å²) in [5.41, 5.74) is 25.8. The van der Waals surface area contributed by atoms with E-state index >= 15 is 0 Å². The molecule has 12 rings (SSSR count). The van der Waals surface area contributed by atoms with Gasteiger partial charge in [-0.2, -0.15) is 0 Å². The van der Waals surface area contributed by atoms with Crippen molar-refractivity contribution in [3.05, 3.63) is 164 Å². The van der Waals surface area contributed by atoms with Crippen LogP contribution in [0.4, 0.5) is 0 Å². The standard InChI is InChI=1S/C54H41B7N2O/c55-46-43(47(56)51(60)53-44(46)45-48(57)49(58)50(59)52(61)54(45)62(53)32-21-24-42-37(27-32)34-16-8-10-18-41(34)64-42)31-20-23-40-36(26-31)35-25-30(28-11-3-1-4-12-28)19-22-39(35)63(40)38-17-9-7-15-33(38)29-13-5-2-6-14-29/h1-27H,55-61H2. The predicted octanol–water partition coefficient (Wildman–Crippen LogP) is 2.59. The predicted molar refractivity (Wildman–Crippen MR) is 296 cm³/mol. The van der Waals surface area contributed by atoms with Gasteiger partial charge in [0, 0.05) is 49.2 Å². The van der Waals surface area contributed by atoms with Crippen LogP contribution < -0.4 is 38.2 Å². The van der Waals surface area contributed by atoms with E-state index in [0.717, 1.165) is 27.6 Å². The van der Waals surface area contributed by atoms with Gasteiger partial charge < -0.3 is 13.6 Å². The average Bonchev–Trinajstić information content (AvgIpc) is 4.00. The van der Waals surface area contributed by atoms with E-state index in [2.05, 4.69) is 222 Å². The van der Waals surface area contributed by atoms with Crippen LogP contribution in [0.3, 0.4) is 0 Å². The normalized spacial score (nSPS) is 11.9. The zero-order valence-corrected chi connectivity index (χ0v) is 37.4. The largest absolute Gasteiger partial charge is 0.456 e. The molecule has 3 heterocycles. The van der Waals surface area contributed by atoms with Crippen LogP contribution in [0.15, 0.2) is 168 Å². The van der Waals surface area contributed by atoms with Gasteiger partial charge in [-0.3, -0.25) is 0 Å². The van der Waals surface area contributed by atoms with Crippen LogP contribution >= 0.6 is 0 Å². The Morgan fingerprint density at radius 1 is 0.344 bits per heavy atom. The van der Waals surface area contributed by atoms with Gasteiger partial charge in [0.25, 0.3) is 0 Å². The molecule has 0 spiro atoms. The third-order valence-corrected chi connectivity index (χ3v) is 14.6. The topological polar surface area (TPSA) is 23.0 Å². The molecule has 0 atom stereocenters. The van der Waals surface area contributed by atoms with Crippen molar-refractivity contribution < 1.29 is 4.42 Å². The Kier molecular flexibility index (Phi) is 8.69. The van der Waals surface area contributed by atoms with Crippen molar-refractivity contribution >= 4 is 159 Å². The second kappa shape index (κ2) is 14.4. The fraction of sp³-hybridized carbons (Fsp3) is 0. The lowest BCUT2D eigenvalue weighted by Gasteiger charge is -2.19. The monoisotopic (exact) mass is 810 g/mol. The van der Waals surface area contributed by atoms with Crippen LogP contribution in [-0.4, -0.2) is 64.1 Å². The lowest BCUT2D eigenvalue weighted by atomic mass is 9.64. The van der Waals surface area contributed by atoms with Gasteiger partial charge in [-0.15, -0.1) is 5.46 Å². The maximum atomic E-state index is 6.33. The number of fused-ring (bicyclic) bond motifs is 9. The molecule has 12 aromatic rings. The van der Waals surface area contributed by atoms with Crippen LogP contribution in [0, 0.1) is 0 Å². The molecule has 0 unspecified atom stereocenters. The maximum absolute atomic E-state index is 6.33. The quantitative estimate of drug-likeness (QED) is 0.246. The van der Waals surface area contributed by atoms with Gasteiger partial charge in [0.1, 0.15) is 66.1 Å². The molecule has 0 saturated heterocycles. The molecular formula is C54H41B7N2O. The average molecular weight is 810 g/mol. The summed E-state index contributed by atoms with van der Waals surface area (Å²) in [4.78, 5) is 0. The molecule has 64 heavy (non-hydrogen) atoms. The van der Waals surface area contributed by atoms with E-state index < -0.39 is 0 Å². The first-order valence-electron chi connectivity index (χ1n) is 22.4. The molecule has 0 fully saturated rings. The minimum Gasteiger partial charge on any atom is -0.456 e. The Morgan fingerprint density at radius 3 is 1.64 bits per heavy atom.